The van der Waals surface area contributed by atoms with Gasteiger partial charge < -0.3 is 21.3 Å². The van der Waals surface area contributed by atoms with Crippen molar-refractivity contribution in [2.75, 3.05) is 13.1 Å². The molecular weight excluding hydrogens is 348 g/mol. The van der Waals surface area contributed by atoms with Crippen molar-refractivity contribution in [2.45, 2.75) is 65.1 Å². The van der Waals surface area contributed by atoms with Gasteiger partial charge in [0.1, 0.15) is 6.04 Å². The molecule has 2 aliphatic rings. The fourth-order valence-electron chi connectivity index (χ4n) is 3.83. The van der Waals surface area contributed by atoms with Crippen LogP contribution in [-0.2, 0) is 19.2 Å². The average molecular weight is 379 g/mol. The molecule has 2 aliphatic heterocycles. The topological polar surface area (TPSA) is 127 Å². The van der Waals surface area contributed by atoms with Gasteiger partial charge in [-0.25, -0.2) is 0 Å². The van der Waals surface area contributed by atoms with Crippen molar-refractivity contribution in [3.05, 3.63) is 6.42 Å². The molecule has 151 valence electrons. The summed E-state index contributed by atoms with van der Waals surface area (Å²) in [7, 11) is 0. The van der Waals surface area contributed by atoms with Gasteiger partial charge >= 0.3 is 0 Å². The van der Waals surface area contributed by atoms with Crippen LogP contribution in [0.2, 0.25) is 0 Å². The van der Waals surface area contributed by atoms with Crippen molar-refractivity contribution >= 4 is 23.5 Å². The van der Waals surface area contributed by atoms with Crippen molar-refractivity contribution in [1.29, 1.82) is 0 Å². The van der Waals surface area contributed by atoms with Gasteiger partial charge in [0, 0.05) is 12.5 Å². The first kappa shape index (κ1) is 21.3. The number of Topliss-reactive ketones (excluding diaryl/α,β-unsaturated/α-hetero) is 1. The van der Waals surface area contributed by atoms with Gasteiger partial charge in [0.05, 0.1) is 25.0 Å². The second-order valence-corrected chi connectivity index (χ2v) is 8.88. The molecule has 4 atom stereocenters. The third-order valence-electron chi connectivity index (χ3n) is 5.27. The van der Waals surface area contributed by atoms with E-state index in [0.717, 1.165) is 0 Å². The third-order valence-corrected chi connectivity index (χ3v) is 5.27. The predicted molar refractivity (Wildman–Crippen MR) is 99.9 cm³/mol. The first-order valence-electron chi connectivity index (χ1n) is 9.44. The van der Waals surface area contributed by atoms with Crippen LogP contribution >= 0.6 is 0 Å². The number of nitrogens with zero attached hydrogens (tertiary/aromatic N) is 2. The highest BCUT2D eigenvalue weighted by Gasteiger charge is 2.51. The molecule has 2 fully saturated rings. The summed E-state index contributed by atoms with van der Waals surface area (Å²) < 4.78 is 0. The maximum Gasteiger partial charge on any atom is 0.240 e. The molecule has 8 nitrogen and oxygen atoms in total. The summed E-state index contributed by atoms with van der Waals surface area (Å²) >= 11 is 0. The van der Waals surface area contributed by atoms with E-state index in [-0.39, 0.29) is 42.0 Å². The van der Waals surface area contributed by atoms with Crippen LogP contribution in [0.15, 0.2) is 0 Å². The smallest absolute Gasteiger partial charge is 0.240 e. The lowest BCUT2D eigenvalue weighted by molar-refractivity contribution is -0.135. The lowest BCUT2D eigenvalue weighted by Gasteiger charge is -2.29. The fraction of sp³-hybridized carbons (Fsp3) is 0.737. The molecule has 0 aliphatic carbocycles. The van der Waals surface area contributed by atoms with E-state index in [2.05, 4.69) is 0 Å². The number of carbonyl (C=O) groups is 4. The highest BCUT2D eigenvalue weighted by atomic mass is 16.2. The Balaban J connectivity index is 2.02. The molecule has 2 heterocycles. The Hall–Kier alpha value is -1.96. The molecule has 0 aromatic heterocycles. The number of carbonyl (C=O) groups excluding carboxylic acids is 4. The molecule has 1 radical (unpaired) electrons. The van der Waals surface area contributed by atoms with Crippen LogP contribution < -0.4 is 11.5 Å². The standard InChI is InChI=1S/C19H31N4O4/c1-11(17(21)26)5-6-15(25)22-8-7-13-16(22)14(24)10-23(13)18(27)12(20)9-19(2,3)4/h6,11-13,16H,5,7-10,20H2,1-4H3,(H2,21,26). The van der Waals surface area contributed by atoms with Gasteiger partial charge in [-0.15, -0.1) is 0 Å². The Kier molecular flexibility index (Phi) is 6.29. The summed E-state index contributed by atoms with van der Waals surface area (Å²) in [6.07, 6.45) is 2.71. The number of nitrogens with two attached hydrogens (primary N) is 2. The number of amides is 3. The lowest BCUT2D eigenvalue weighted by atomic mass is 9.88. The van der Waals surface area contributed by atoms with Gasteiger partial charge in [-0.2, -0.15) is 0 Å². The second-order valence-electron chi connectivity index (χ2n) is 8.88. The number of hydrogen-bond acceptors (Lipinski definition) is 5. The van der Waals surface area contributed by atoms with E-state index in [4.69, 9.17) is 11.5 Å². The predicted octanol–water partition coefficient (Wildman–Crippen LogP) is -0.154. The average Bonchev–Trinajstić information content (AvgIpc) is 3.11. The first-order chi connectivity index (χ1) is 12.4. The Morgan fingerprint density at radius 3 is 2.44 bits per heavy atom. The van der Waals surface area contributed by atoms with Crippen LogP contribution in [0, 0.1) is 17.8 Å². The largest absolute Gasteiger partial charge is 0.369 e. The number of rotatable bonds is 6. The molecular formula is C19H31N4O4. The quantitative estimate of drug-likeness (QED) is 0.663. The Morgan fingerprint density at radius 1 is 1.26 bits per heavy atom. The summed E-state index contributed by atoms with van der Waals surface area (Å²) in [6.45, 7) is 8.08. The maximum atomic E-state index is 12.8. The van der Waals surface area contributed by atoms with Crippen LogP contribution in [0.25, 0.3) is 0 Å². The molecule has 0 saturated carbocycles. The van der Waals surface area contributed by atoms with Crippen molar-refractivity contribution < 1.29 is 19.2 Å². The number of fused-ring (bicyclic) bond motifs is 1. The van der Waals surface area contributed by atoms with Gasteiger partial charge in [0.25, 0.3) is 0 Å². The van der Waals surface area contributed by atoms with Gasteiger partial charge in [0.15, 0.2) is 5.78 Å². The highest BCUT2D eigenvalue weighted by Crippen LogP contribution is 2.31. The molecule has 0 aromatic rings. The molecule has 8 heteroatoms. The van der Waals surface area contributed by atoms with Crippen molar-refractivity contribution in [3.63, 3.8) is 0 Å². The van der Waals surface area contributed by atoms with Crippen LogP contribution in [0.3, 0.4) is 0 Å². The van der Waals surface area contributed by atoms with Gasteiger partial charge in [-0.3, -0.25) is 19.2 Å². The second kappa shape index (κ2) is 7.96. The van der Waals surface area contributed by atoms with Crippen LogP contribution in [0.4, 0.5) is 0 Å². The Morgan fingerprint density at radius 2 is 1.89 bits per heavy atom. The van der Waals surface area contributed by atoms with Crippen LogP contribution in [0.1, 0.15) is 47.0 Å². The van der Waals surface area contributed by atoms with E-state index >= 15 is 0 Å². The molecule has 3 amide bonds. The highest BCUT2D eigenvalue weighted by molar-refractivity contribution is 5.99. The zero-order valence-corrected chi connectivity index (χ0v) is 16.6. The number of ketones is 1. The minimum absolute atomic E-state index is 0.00647. The summed E-state index contributed by atoms with van der Waals surface area (Å²) in [5.41, 5.74) is 11.2. The number of likely N-dealkylation sites (tertiary alicyclic amines) is 2. The van der Waals surface area contributed by atoms with Gasteiger partial charge in [0.2, 0.25) is 17.7 Å². The lowest BCUT2D eigenvalue weighted by Crippen LogP contribution is -2.49. The molecule has 0 spiro atoms. The van der Waals surface area contributed by atoms with Gasteiger partial charge in [-0.1, -0.05) is 27.7 Å². The zero-order chi connectivity index (χ0) is 20.5. The fourth-order valence-corrected chi connectivity index (χ4v) is 3.83. The molecule has 27 heavy (non-hydrogen) atoms. The van der Waals surface area contributed by atoms with E-state index < -0.39 is 23.9 Å². The van der Waals surface area contributed by atoms with E-state index in [1.165, 1.54) is 11.3 Å². The third kappa shape index (κ3) is 4.86. The normalized spacial score (nSPS) is 24.7. The Bertz CT molecular complexity index is 628. The maximum absolute atomic E-state index is 12.8. The molecule has 2 rings (SSSR count). The molecule has 0 bridgehead atoms. The van der Waals surface area contributed by atoms with Crippen molar-refractivity contribution in [1.82, 2.24) is 9.80 Å². The number of primary amides is 1. The van der Waals surface area contributed by atoms with Crippen molar-refractivity contribution in [3.8, 4) is 0 Å². The van der Waals surface area contributed by atoms with Crippen LogP contribution in [-0.4, -0.2) is 64.5 Å². The monoisotopic (exact) mass is 379 g/mol. The minimum atomic E-state index is -0.663. The van der Waals surface area contributed by atoms with E-state index in [1.807, 2.05) is 20.8 Å². The summed E-state index contributed by atoms with van der Waals surface area (Å²) in [5, 5.41) is 0. The first-order valence-corrected chi connectivity index (χ1v) is 9.44. The summed E-state index contributed by atoms with van der Waals surface area (Å²) in [4.78, 5) is 51.9. The minimum Gasteiger partial charge on any atom is -0.369 e. The summed E-state index contributed by atoms with van der Waals surface area (Å²) in [5.74, 6) is -1.58. The SMILES string of the molecule is CC(C[CH]C(=O)N1CCC2C1C(=O)CN2C(=O)C(N)CC(C)(C)C)C(N)=O. The Labute approximate surface area is 160 Å². The molecule has 4 N–H and O–H groups in total. The molecule has 4 unspecified atom stereocenters. The van der Waals surface area contributed by atoms with Crippen LogP contribution in [0.5, 0.6) is 0 Å². The van der Waals surface area contributed by atoms with E-state index in [1.54, 1.807) is 11.8 Å². The molecule has 0 aromatic carbocycles. The summed E-state index contributed by atoms with van der Waals surface area (Å²) in [6, 6.07) is -1.60. The van der Waals surface area contributed by atoms with Crippen molar-refractivity contribution in [2.24, 2.45) is 22.8 Å². The zero-order valence-electron chi connectivity index (χ0n) is 16.6. The van der Waals surface area contributed by atoms with E-state index in [9.17, 15) is 19.2 Å². The molecule has 2 saturated heterocycles. The van der Waals surface area contributed by atoms with E-state index in [0.29, 0.717) is 19.4 Å². The van der Waals surface area contributed by atoms with Gasteiger partial charge in [-0.05, 0) is 24.7 Å². The number of hydrogen-bond donors (Lipinski definition) is 2.